The van der Waals surface area contributed by atoms with Gasteiger partial charge in [0, 0.05) is 19.3 Å². The van der Waals surface area contributed by atoms with Crippen LogP contribution in [0, 0.1) is 0 Å². The molecule has 0 aromatic rings. The van der Waals surface area contributed by atoms with Crippen LogP contribution in [0.4, 0.5) is 0 Å². The van der Waals surface area contributed by atoms with Crippen LogP contribution in [0.5, 0.6) is 0 Å². The van der Waals surface area contributed by atoms with Gasteiger partial charge in [0.2, 0.25) is 11.8 Å². The highest BCUT2D eigenvalue weighted by molar-refractivity contribution is 7.46. The lowest BCUT2D eigenvalue weighted by atomic mass is 9.90. The maximum Gasteiger partial charge on any atom is 0.472 e. The molecular weight excluding hydrogens is 1850 g/mol. The van der Waals surface area contributed by atoms with E-state index in [4.69, 9.17) is 56.4 Å². The van der Waals surface area contributed by atoms with Gasteiger partial charge in [-0.1, -0.05) is 311 Å². The normalized spacial score (nSPS) is 26.7. The van der Waals surface area contributed by atoms with E-state index >= 15 is 4.79 Å². The van der Waals surface area contributed by atoms with Crippen molar-refractivity contribution in [3.8, 4) is 0 Å². The van der Waals surface area contributed by atoms with Crippen LogP contribution in [0.2, 0.25) is 0 Å². The Kier molecular flexibility index (Phi) is 64.5. The number of hydrogen-bond acceptors (Lipinski definition) is 32. The zero-order valence-electron chi connectivity index (χ0n) is 82.7. The highest BCUT2D eigenvalue weighted by Crippen LogP contribution is 2.47. The molecule has 7 unspecified atom stereocenters. The monoisotopic (exact) mass is 2030 g/mol. The molecule has 4 heterocycles. The number of rotatable bonds is 81. The number of aliphatic hydroxyl groups is 11. The number of amides is 2. The van der Waals surface area contributed by atoms with Gasteiger partial charge >= 0.3 is 45.5 Å². The van der Waals surface area contributed by atoms with Crippen molar-refractivity contribution in [3.63, 3.8) is 0 Å². The zero-order chi connectivity index (χ0) is 102. The number of carboxylic acid groups (broad SMARTS) is 2. The maximum absolute atomic E-state index is 15.5. The molecule has 4 aliphatic heterocycles. The summed E-state index contributed by atoms with van der Waals surface area (Å²) in [6.45, 7) is 5.12. The summed E-state index contributed by atoms with van der Waals surface area (Å²) in [6.07, 6.45) is -8.18. The van der Waals surface area contributed by atoms with Gasteiger partial charge in [-0.05, 0) is 38.5 Å². The third kappa shape index (κ3) is 49.8. The Hall–Kier alpha value is -4.21. The summed E-state index contributed by atoms with van der Waals surface area (Å²) < 4.78 is 98.4. The van der Waals surface area contributed by atoms with Crippen LogP contribution in [0.15, 0.2) is 0 Å². The van der Waals surface area contributed by atoms with Gasteiger partial charge in [0.05, 0.1) is 82.6 Å². The summed E-state index contributed by atoms with van der Waals surface area (Å²) in [7, 11) is -12.0. The minimum Gasteiger partial charge on any atom is -0.477 e. The van der Waals surface area contributed by atoms with Gasteiger partial charge in [-0.3, -0.25) is 33.0 Å². The summed E-state index contributed by atoms with van der Waals surface area (Å²) in [6, 6.07) is -4.40. The Morgan fingerprint density at radius 3 is 1.17 bits per heavy atom. The van der Waals surface area contributed by atoms with Crippen LogP contribution in [-0.4, -0.2) is 300 Å². The van der Waals surface area contributed by atoms with Gasteiger partial charge in [0.25, 0.3) is 11.6 Å². The van der Waals surface area contributed by atoms with E-state index in [-0.39, 0.29) is 32.1 Å². The molecule has 19 N–H and O–H groups in total. The average Bonchev–Trinajstić information content (AvgIpc) is 0.806. The fourth-order valence-electron chi connectivity index (χ4n) is 18.1. The molecule has 0 aromatic carbocycles. The molecular formula is C96H176N2O38P2. The van der Waals surface area contributed by atoms with Crippen molar-refractivity contribution in [1.29, 1.82) is 0 Å². The molecule has 40 nitrogen and oxygen atoms in total. The van der Waals surface area contributed by atoms with Crippen molar-refractivity contribution in [3.05, 3.63) is 0 Å². The Bertz CT molecular complexity index is 3410. The van der Waals surface area contributed by atoms with E-state index in [0.29, 0.717) is 64.2 Å². The molecule has 0 aromatic heterocycles. The number of ether oxygens (including phenoxy) is 10. The lowest BCUT2D eigenvalue weighted by molar-refractivity contribution is -0.378. The predicted octanol–water partition coefficient (Wildman–Crippen LogP) is 10.7. The highest BCUT2D eigenvalue weighted by Gasteiger charge is 2.63. The quantitative estimate of drug-likeness (QED) is 0.0116. The number of hydrogen-bond donors (Lipinski definition) is 19. The van der Waals surface area contributed by atoms with Crippen molar-refractivity contribution in [2.24, 2.45) is 0 Å². The Balaban J connectivity index is 2.02. The van der Waals surface area contributed by atoms with E-state index in [0.717, 1.165) is 225 Å². The maximum atomic E-state index is 15.5. The largest absolute Gasteiger partial charge is 0.477 e. The van der Waals surface area contributed by atoms with E-state index < -0.39 is 268 Å². The summed E-state index contributed by atoms with van der Waals surface area (Å²) in [4.78, 5) is 144. The second-order valence-electron chi connectivity index (χ2n) is 38.3. The van der Waals surface area contributed by atoms with Crippen molar-refractivity contribution in [1.82, 2.24) is 10.6 Å². The number of nitrogens with one attached hydrogen (secondary N) is 2. The Morgan fingerprint density at radius 1 is 0.391 bits per heavy atom. The first kappa shape index (κ1) is 126. The highest BCUT2D eigenvalue weighted by atomic mass is 31.2. The fourth-order valence-corrected chi connectivity index (χ4v) is 19.2. The van der Waals surface area contributed by atoms with Gasteiger partial charge in [0.15, 0.2) is 24.8 Å². The SMILES string of the molecule is CCCCCCCCCCCC(=O)O[C@H](CCCCCCCCCCC)CC(=O)N[C@H]1C(OC(=O)C[C@H](O)CCCCCCCCCCC)[C@H](OP(=O)(O)O)C(CO[C@]2(C(=O)O)C[C@@H](O[C@]3(C(=O)O)CC(O)[C@@H](O)C([C@H](O)CO)O3)[C@@H](O)C([C@H](O)CO)O2)O[C@@H]1OCC1O[C@H](OP(=O)(O)O)[C@@H](NC(=O)C[C@H](O)CCCCCCCCCCC)C(OC(=O)C[C@H](O)CCCCCCCCCCC)[C@@H]1O. The minimum atomic E-state index is -6.15. The smallest absolute Gasteiger partial charge is 0.472 e. The molecule has 138 heavy (non-hydrogen) atoms. The molecule has 42 heteroatoms. The van der Waals surface area contributed by atoms with Crippen molar-refractivity contribution < 1.29 is 185 Å². The van der Waals surface area contributed by atoms with Crippen molar-refractivity contribution in [2.45, 2.75) is 540 Å². The Labute approximate surface area is 816 Å². The minimum absolute atomic E-state index is 0.0175. The number of carbonyl (C=O) groups excluding carboxylic acids is 5. The number of unbranched alkanes of at least 4 members (excludes halogenated alkanes) is 40. The van der Waals surface area contributed by atoms with E-state index in [1.54, 1.807) is 0 Å². The summed E-state index contributed by atoms with van der Waals surface area (Å²) in [5, 5.41) is 151. The summed E-state index contributed by atoms with van der Waals surface area (Å²) in [5.74, 6) is -16.7. The topological polar surface area (TPSA) is 632 Å². The number of aliphatic hydroxyl groups excluding tert-OH is 11. The van der Waals surface area contributed by atoms with E-state index in [1.807, 2.05) is 0 Å². The van der Waals surface area contributed by atoms with Crippen LogP contribution in [0.1, 0.15) is 394 Å². The zero-order valence-corrected chi connectivity index (χ0v) is 84.5. The lowest BCUT2D eigenvalue weighted by Crippen LogP contribution is -2.69. The molecule has 4 rings (SSSR count). The van der Waals surface area contributed by atoms with E-state index in [9.17, 15) is 124 Å². The fraction of sp³-hybridized carbons (Fsp3) is 0.927. The predicted molar refractivity (Wildman–Crippen MR) is 503 cm³/mol. The second kappa shape index (κ2) is 70.6. The number of carbonyl (C=O) groups is 7. The molecule has 808 valence electrons. The molecule has 0 bridgehead atoms. The third-order valence-corrected chi connectivity index (χ3v) is 27.1. The lowest BCUT2D eigenvalue weighted by Gasteiger charge is -2.50. The Morgan fingerprint density at radius 2 is 0.754 bits per heavy atom. The molecule has 24 atom stereocenters. The number of aliphatic carboxylic acids is 2. The van der Waals surface area contributed by atoms with Crippen molar-refractivity contribution >= 4 is 57.3 Å². The molecule has 4 fully saturated rings. The van der Waals surface area contributed by atoms with Gasteiger partial charge in [-0.2, -0.15) is 0 Å². The summed E-state index contributed by atoms with van der Waals surface area (Å²) in [5.41, 5.74) is 0. The van der Waals surface area contributed by atoms with Crippen LogP contribution >= 0.6 is 15.6 Å². The number of phosphoric ester groups is 2. The first-order chi connectivity index (χ1) is 65.8. The number of phosphoric acid groups is 2. The van der Waals surface area contributed by atoms with Gasteiger partial charge in [-0.25, -0.2) is 18.7 Å². The number of carboxylic acids is 2. The van der Waals surface area contributed by atoms with Gasteiger partial charge in [0.1, 0.15) is 79.2 Å². The molecule has 2 amide bonds. The first-order valence-corrected chi connectivity index (χ1v) is 55.0. The summed E-state index contributed by atoms with van der Waals surface area (Å²) >= 11 is 0. The molecule has 0 spiro atoms. The van der Waals surface area contributed by atoms with E-state index in [2.05, 4.69) is 45.3 Å². The average molecular weight is 2030 g/mol. The van der Waals surface area contributed by atoms with Crippen LogP contribution in [0.25, 0.3) is 0 Å². The molecule has 4 saturated heterocycles. The second-order valence-corrected chi connectivity index (χ2v) is 40.7. The molecule has 0 aliphatic carbocycles. The van der Waals surface area contributed by atoms with Crippen LogP contribution < -0.4 is 10.6 Å². The van der Waals surface area contributed by atoms with Crippen molar-refractivity contribution in [2.75, 3.05) is 26.4 Å². The first-order valence-electron chi connectivity index (χ1n) is 51.9. The molecule has 4 aliphatic rings. The van der Waals surface area contributed by atoms with Gasteiger partial charge < -0.3 is 144 Å². The standard InChI is InChI=1S/C96H176N2O38P2/c1-6-11-16-21-26-31-36-41-46-51-66(101)56-76(107)97-81-89(130-79(110)57-67(102)52-47-42-37-32-27-22-17-12-7-2)85(114)74(128-92(81)136-138(122,123)124)64-125-91-82(98-77(108)59-69(54-49-44-39-34-29-24-19-14-9-4)127-78(109)55-50-45-40-35-30-25-20-15-10-5)90(131-80(111)58-68(103)53-48-43-38-33-28-23-18-13-8-3)88(135-137(119,120)121)75(129-91)65-126-95(93(115)116)61-73(84(113)87(133-95)72(106)63-100)132-96(94(117)118)60-70(104)83(112)86(134-96)71(105)62-99/h66-75,81-92,99-106,112-114H,6-65H2,1-5H3,(H,97,107)(H,98,108)(H,115,116)(H,117,118)(H2,119,120,121)(H2,122,123,124)/t66-,67-,68-,69-,70?,71-,72-,73-,74?,75?,81+,82+,83-,84-,85-,86?,87?,88-,89?,90?,91+,92-,95-,96-/m1/s1. The molecule has 0 saturated carbocycles. The van der Waals surface area contributed by atoms with Crippen LogP contribution in [0.3, 0.4) is 0 Å². The van der Waals surface area contributed by atoms with E-state index in [1.165, 1.54) is 0 Å². The third-order valence-electron chi connectivity index (χ3n) is 26.1. The van der Waals surface area contributed by atoms with Gasteiger partial charge in [-0.15, -0.1) is 0 Å². The molecule has 0 radical (unpaired) electrons. The van der Waals surface area contributed by atoms with Crippen LogP contribution in [-0.2, 0) is 99.1 Å². The number of esters is 3.